The molecule has 1 aromatic carbocycles. The number of nitrogens with two attached hydrogens (primary N) is 1. The third-order valence-electron chi connectivity index (χ3n) is 3.34. The Kier molecular flexibility index (Phi) is 7.48. The van der Waals surface area contributed by atoms with Crippen LogP contribution in [0.1, 0.15) is 12.5 Å². The van der Waals surface area contributed by atoms with Gasteiger partial charge in [0.15, 0.2) is 0 Å². The van der Waals surface area contributed by atoms with Crippen molar-refractivity contribution in [2.75, 3.05) is 46.3 Å². The maximum atomic E-state index is 5.97. The minimum absolute atomic E-state index is 0.380. The molecule has 2 N–H and O–H groups in total. The fourth-order valence-electron chi connectivity index (χ4n) is 2.13. The number of hydrogen-bond donors (Lipinski definition) is 1. The van der Waals surface area contributed by atoms with Crippen LogP contribution >= 0.6 is 0 Å². The van der Waals surface area contributed by atoms with E-state index in [1.807, 2.05) is 18.2 Å². The van der Waals surface area contributed by atoms with Gasteiger partial charge in [-0.1, -0.05) is 18.2 Å². The lowest BCUT2D eigenvalue weighted by molar-refractivity contribution is 0.0759. The zero-order valence-corrected chi connectivity index (χ0v) is 12.3. The minimum Gasteiger partial charge on any atom is -0.399 e. The molecular weight excluding hydrogens is 240 g/mol. The van der Waals surface area contributed by atoms with Crippen molar-refractivity contribution in [3.63, 3.8) is 0 Å². The summed E-state index contributed by atoms with van der Waals surface area (Å²) >= 11 is 0. The highest BCUT2D eigenvalue weighted by Crippen LogP contribution is 2.12. The molecule has 0 aromatic heterocycles. The number of benzene rings is 1. The van der Waals surface area contributed by atoms with Crippen LogP contribution < -0.4 is 5.73 Å². The number of anilines is 1. The van der Waals surface area contributed by atoms with Gasteiger partial charge in [0.25, 0.3) is 0 Å². The van der Waals surface area contributed by atoms with Crippen LogP contribution in [0.3, 0.4) is 0 Å². The maximum absolute atomic E-state index is 5.97. The Morgan fingerprint density at radius 1 is 1.16 bits per heavy atom. The normalized spacial score (nSPS) is 12.8. The molecule has 0 saturated heterocycles. The zero-order chi connectivity index (χ0) is 14.1. The molecule has 1 unspecified atom stereocenters. The first-order chi connectivity index (χ1) is 9.19. The van der Waals surface area contributed by atoms with Crippen molar-refractivity contribution in [3.05, 3.63) is 29.8 Å². The summed E-state index contributed by atoms with van der Waals surface area (Å²) in [5.41, 5.74) is 8.05. The molecule has 0 radical (unpaired) electrons. The van der Waals surface area contributed by atoms with E-state index >= 15 is 0 Å². The highest BCUT2D eigenvalue weighted by Gasteiger charge is 2.13. The molecule has 0 heterocycles. The van der Waals surface area contributed by atoms with Gasteiger partial charge in [0.2, 0.25) is 0 Å². The molecule has 4 nitrogen and oxygen atoms in total. The minimum atomic E-state index is 0.380. The number of nitrogens with zero attached hydrogens (tertiary/aromatic N) is 1. The summed E-state index contributed by atoms with van der Waals surface area (Å²) in [6.45, 7) is 5.51. The molecule has 108 valence electrons. The first-order valence-corrected chi connectivity index (χ1v) is 6.74. The van der Waals surface area contributed by atoms with Crippen molar-refractivity contribution in [2.24, 2.45) is 0 Å². The van der Waals surface area contributed by atoms with Crippen molar-refractivity contribution < 1.29 is 9.47 Å². The maximum Gasteiger partial charge on any atom is 0.0615 e. The second-order valence-corrected chi connectivity index (χ2v) is 4.78. The van der Waals surface area contributed by atoms with E-state index in [1.54, 1.807) is 14.2 Å². The van der Waals surface area contributed by atoms with Gasteiger partial charge in [0, 0.05) is 39.0 Å². The van der Waals surface area contributed by atoms with Gasteiger partial charge in [-0.2, -0.15) is 0 Å². The van der Waals surface area contributed by atoms with E-state index in [4.69, 9.17) is 15.2 Å². The summed E-state index contributed by atoms with van der Waals surface area (Å²) in [5, 5.41) is 0. The molecule has 0 aliphatic heterocycles. The molecule has 0 amide bonds. The topological polar surface area (TPSA) is 47.7 Å². The summed E-state index contributed by atoms with van der Waals surface area (Å²) in [7, 11) is 3.47. The van der Waals surface area contributed by atoms with E-state index < -0.39 is 0 Å². The van der Waals surface area contributed by atoms with E-state index in [0.29, 0.717) is 6.04 Å². The Bertz CT molecular complexity index is 358. The Balaban J connectivity index is 2.54. The van der Waals surface area contributed by atoms with E-state index in [2.05, 4.69) is 17.9 Å². The third kappa shape index (κ3) is 5.59. The Hall–Kier alpha value is -1.10. The zero-order valence-electron chi connectivity index (χ0n) is 12.3. The van der Waals surface area contributed by atoms with Crippen molar-refractivity contribution in [1.82, 2.24) is 4.90 Å². The van der Waals surface area contributed by atoms with Gasteiger partial charge in [-0.15, -0.1) is 0 Å². The van der Waals surface area contributed by atoms with Crippen LogP contribution in [-0.2, 0) is 15.9 Å². The quantitative estimate of drug-likeness (QED) is 0.692. The first-order valence-electron chi connectivity index (χ1n) is 6.74. The lowest BCUT2D eigenvalue weighted by Gasteiger charge is -2.28. The Morgan fingerprint density at radius 2 is 1.89 bits per heavy atom. The summed E-state index contributed by atoms with van der Waals surface area (Å²) in [4.78, 5) is 2.37. The lowest BCUT2D eigenvalue weighted by Crippen LogP contribution is -2.39. The molecule has 0 saturated carbocycles. The largest absolute Gasteiger partial charge is 0.399 e. The second-order valence-electron chi connectivity index (χ2n) is 4.78. The number of ether oxygens (including phenoxy) is 2. The molecule has 1 aromatic rings. The molecule has 4 heteroatoms. The molecule has 0 fully saturated rings. The van der Waals surface area contributed by atoms with Gasteiger partial charge in [0.05, 0.1) is 13.2 Å². The molecule has 0 aliphatic carbocycles. The molecular formula is C15H26N2O2. The number of para-hydroxylation sites is 1. The summed E-state index contributed by atoms with van der Waals surface area (Å²) < 4.78 is 10.4. The second kappa shape index (κ2) is 8.91. The molecule has 1 atom stereocenters. The smallest absolute Gasteiger partial charge is 0.0615 e. The standard InChI is InChI=1S/C15H26N2O2/c1-13(12-19-3)17(10-11-18-2)9-8-14-6-4-5-7-15(14)16/h4-7,13H,8-12,16H2,1-3H3. The van der Waals surface area contributed by atoms with Crippen molar-refractivity contribution in [2.45, 2.75) is 19.4 Å². The highest BCUT2D eigenvalue weighted by atomic mass is 16.5. The van der Waals surface area contributed by atoms with Crippen LogP contribution in [-0.4, -0.2) is 51.5 Å². The predicted octanol–water partition coefficient (Wildman–Crippen LogP) is 1.79. The molecule has 0 bridgehead atoms. The third-order valence-corrected chi connectivity index (χ3v) is 3.34. The summed E-state index contributed by atoms with van der Waals surface area (Å²) in [6, 6.07) is 8.42. The Labute approximate surface area is 116 Å². The van der Waals surface area contributed by atoms with E-state index in [0.717, 1.165) is 38.4 Å². The fraction of sp³-hybridized carbons (Fsp3) is 0.600. The lowest BCUT2D eigenvalue weighted by atomic mass is 10.1. The molecule has 1 rings (SSSR count). The van der Waals surface area contributed by atoms with Gasteiger partial charge < -0.3 is 15.2 Å². The molecule has 0 aliphatic rings. The van der Waals surface area contributed by atoms with Crippen LogP contribution in [0.4, 0.5) is 5.69 Å². The van der Waals surface area contributed by atoms with Gasteiger partial charge >= 0.3 is 0 Å². The van der Waals surface area contributed by atoms with Crippen LogP contribution in [0.2, 0.25) is 0 Å². The van der Waals surface area contributed by atoms with E-state index in [1.165, 1.54) is 5.56 Å². The van der Waals surface area contributed by atoms with Crippen molar-refractivity contribution in [3.8, 4) is 0 Å². The van der Waals surface area contributed by atoms with E-state index in [-0.39, 0.29) is 0 Å². The van der Waals surface area contributed by atoms with Crippen molar-refractivity contribution >= 4 is 5.69 Å². The van der Waals surface area contributed by atoms with Crippen molar-refractivity contribution in [1.29, 1.82) is 0 Å². The monoisotopic (exact) mass is 266 g/mol. The van der Waals surface area contributed by atoms with Crippen LogP contribution in [0, 0.1) is 0 Å². The number of rotatable bonds is 9. The van der Waals surface area contributed by atoms with Crippen LogP contribution in [0.5, 0.6) is 0 Å². The van der Waals surface area contributed by atoms with Gasteiger partial charge in [-0.25, -0.2) is 0 Å². The Morgan fingerprint density at radius 3 is 2.53 bits per heavy atom. The average Bonchev–Trinajstić information content (AvgIpc) is 2.41. The number of hydrogen-bond acceptors (Lipinski definition) is 4. The first kappa shape index (κ1) is 16.0. The number of methoxy groups -OCH3 is 2. The van der Waals surface area contributed by atoms with Crippen LogP contribution in [0.15, 0.2) is 24.3 Å². The summed E-state index contributed by atoms with van der Waals surface area (Å²) in [5.74, 6) is 0. The number of nitrogen functional groups attached to an aromatic ring is 1. The fourth-order valence-corrected chi connectivity index (χ4v) is 2.13. The van der Waals surface area contributed by atoms with Gasteiger partial charge in [0.1, 0.15) is 0 Å². The van der Waals surface area contributed by atoms with Crippen LogP contribution in [0.25, 0.3) is 0 Å². The average molecular weight is 266 g/mol. The van der Waals surface area contributed by atoms with Gasteiger partial charge in [-0.3, -0.25) is 4.90 Å². The van der Waals surface area contributed by atoms with E-state index in [9.17, 15) is 0 Å². The van der Waals surface area contributed by atoms with Gasteiger partial charge in [-0.05, 0) is 25.0 Å². The molecule has 19 heavy (non-hydrogen) atoms. The predicted molar refractivity (Wildman–Crippen MR) is 79.3 cm³/mol. The molecule has 0 spiro atoms. The summed E-state index contributed by atoms with van der Waals surface area (Å²) in [6.07, 6.45) is 0.949. The highest BCUT2D eigenvalue weighted by molar-refractivity contribution is 5.46. The SMILES string of the molecule is COCCN(CCc1ccccc1N)C(C)COC.